The second-order valence-corrected chi connectivity index (χ2v) is 6.65. The molecule has 0 saturated carbocycles. The van der Waals surface area contributed by atoms with Crippen molar-refractivity contribution in [2.24, 2.45) is 7.05 Å². The van der Waals surface area contributed by atoms with Gasteiger partial charge in [0, 0.05) is 18.3 Å². The van der Waals surface area contributed by atoms with Gasteiger partial charge in [-0.3, -0.25) is 4.79 Å². The standard InChI is InChI=1S/C21H27NO4/c1-7-25-21(24)20-14(4)19(15(5)22(20)6)18(23)12-26-17-10-8-16(9-11-17)13(2)3/h8-11,13H,7,12H2,1-6H3. The van der Waals surface area contributed by atoms with Gasteiger partial charge >= 0.3 is 5.97 Å². The molecule has 0 amide bonds. The first-order valence-electron chi connectivity index (χ1n) is 8.86. The van der Waals surface area contributed by atoms with Gasteiger partial charge in [0.1, 0.15) is 11.4 Å². The zero-order valence-electron chi connectivity index (χ0n) is 16.4. The van der Waals surface area contributed by atoms with E-state index in [1.54, 1.807) is 25.5 Å². The van der Waals surface area contributed by atoms with E-state index >= 15 is 0 Å². The number of rotatable bonds is 7. The number of hydrogen-bond acceptors (Lipinski definition) is 4. The van der Waals surface area contributed by atoms with E-state index in [0.29, 0.717) is 35.1 Å². The maximum Gasteiger partial charge on any atom is 0.355 e. The number of carbonyl (C=O) groups is 2. The van der Waals surface area contributed by atoms with E-state index in [1.807, 2.05) is 31.2 Å². The van der Waals surface area contributed by atoms with Gasteiger partial charge in [-0.15, -0.1) is 0 Å². The smallest absolute Gasteiger partial charge is 0.355 e. The number of esters is 1. The van der Waals surface area contributed by atoms with E-state index < -0.39 is 5.97 Å². The molecule has 1 aromatic heterocycles. The number of benzene rings is 1. The van der Waals surface area contributed by atoms with Crippen LogP contribution in [0.5, 0.6) is 5.75 Å². The number of nitrogens with zero attached hydrogens (tertiary/aromatic N) is 1. The normalized spacial score (nSPS) is 10.9. The molecule has 5 heteroatoms. The predicted molar refractivity (Wildman–Crippen MR) is 101 cm³/mol. The van der Waals surface area contributed by atoms with Gasteiger partial charge in [-0.2, -0.15) is 0 Å². The molecule has 1 aromatic carbocycles. The summed E-state index contributed by atoms with van der Waals surface area (Å²) in [5.41, 5.74) is 3.52. The SMILES string of the molecule is CCOC(=O)c1c(C)c(C(=O)COc2ccc(C(C)C)cc2)c(C)n1C. The molecular formula is C21H27NO4. The molecule has 140 valence electrons. The van der Waals surface area contributed by atoms with Crippen molar-refractivity contribution in [2.75, 3.05) is 13.2 Å². The minimum Gasteiger partial charge on any atom is -0.485 e. The van der Waals surface area contributed by atoms with Gasteiger partial charge in [-0.05, 0) is 49.9 Å². The average molecular weight is 357 g/mol. The number of carbonyl (C=O) groups excluding carboxylic acids is 2. The molecule has 0 aliphatic heterocycles. The Hall–Kier alpha value is -2.56. The third kappa shape index (κ3) is 3.98. The lowest BCUT2D eigenvalue weighted by molar-refractivity contribution is 0.0514. The lowest BCUT2D eigenvalue weighted by Gasteiger charge is -2.09. The molecule has 0 unspecified atom stereocenters. The van der Waals surface area contributed by atoms with Crippen molar-refractivity contribution in [1.29, 1.82) is 0 Å². The average Bonchev–Trinajstić information content (AvgIpc) is 2.82. The van der Waals surface area contributed by atoms with Crippen molar-refractivity contribution < 1.29 is 19.1 Å². The van der Waals surface area contributed by atoms with Gasteiger partial charge in [0.2, 0.25) is 5.78 Å². The molecule has 26 heavy (non-hydrogen) atoms. The number of aromatic nitrogens is 1. The van der Waals surface area contributed by atoms with Crippen LogP contribution in [0, 0.1) is 13.8 Å². The Kier molecular flexibility index (Phi) is 6.24. The summed E-state index contributed by atoms with van der Waals surface area (Å²) in [5, 5.41) is 0. The molecule has 2 rings (SSSR count). The van der Waals surface area contributed by atoms with Crippen LogP contribution in [0.2, 0.25) is 0 Å². The van der Waals surface area contributed by atoms with Crippen LogP contribution >= 0.6 is 0 Å². The van der Waals surface area contributed by atoms with Crippen LogP contribution in [0.25, 0.3) is 0 Å². The van der Waals surface area contributed by atoms with Crippen LogP contribution in [-0.4, -0.2) is 29.5 Å². The molecular weight excluding hydrogens is 330 g/mol. The zero-order chi connectivity index (χ0) is 19.4. The lowest BCUT2D eigenvalue weighted by atomic mass is 10.0. The fraction of sp³-hybridized carbons (Fsp3) is 0.429. The molecule has 2 aromatic rings. The topological polar surface area (TPSA) is 57.5 Å². The van der Waals surface area contributed by atoms with E-state index in [4.69, 9.17) is 9.47 Å². The minimum absolute atomic E-state index is 0.0744. The Morgan fingerprint density at radius 1 is 1.12 bits per heavy atom. The summed E-state index contributed by atoms with van der Waals surface area (Å²) in [6.07, 6.45) is 0. The van der Waals surface area contributed by atoms with Gasteiger partial charge in [0.05, 0.1) is 6.61 Å². The van der Waals surface area contributed by atoms with Crippen molar-refractivity contribution in [3.05, 3.63) is 52.3 Å². The first-order chi connectivity index (χ1) is 12.3. The molecule has 0 aliphatic rings. The summed E-state index contributed by atoms with van der Waals surface area (Å²) in [5.74, 6) is 0.528. The van der Waals surface area contributed by atoms with E-state index in [-0.39, 0.29) is 12.4 Å². The third-order valence-corrected chi connectivity index (χ3v) is 4.59. The van der Waals surface area contributed by atoms with Gasteiger partial charge in [0.25, 0.3) is 0 Å². The summed E-state index contributed by atoms with van der Waals surface area (Å²) in [7, 11) is 1.76. The first kappa shape index (κ1) is 19.8. The highest BCUT2D eigenvalue weighted by Gasteiger charge is 2.25. The van der Waals surface area contributed by atoms with Crippen LogP contribution in [0.1, 0.15) is 64.4 Å². The molecule has 0 N–H and O–H groups in total. The number of hydrogen-bond donors (Lipinski definition) is 0. The minimum atomic E-state index is -0.417. The Bertz CT molecular complexity index is 800. The molecule has 5 nitrogen and oxygen atoms in total. The predicted octanol–water partition coefficient (Wildman–Crippen LogP) is 4.20. The van der Waals surface area contributed by atoms with Gasteiger partial charge in [-0.25, -0.2) is 4.79 Å². The molecule has 0 aliphatic carbocycles. The highest BCUT2D eigenvalue weighted by atomic mass is 16.5. The fourth-order valence-corrected chi connectivity index (χ4v) is 3.05. The Morgan fingerprint density at radius 3 is 2.27 bits per heavy atom. The van der Waals surface area contributed by atoms with Crippen molar-refractivity contribution in [2.45, 2.75) is 40.5 Å². The third-order valence-electron chi connectivity index (χ3n) is 4.59. The van der Waals surface area contributed by atoms with E-state index in [2.05, 4.69) is 13.8 Å². The maximum absolute atomic E-state index is 12.7. The molecule has 0 saturated heterocycles. The molecule has 0 fully saturated rings. The first-order valence-corrected chi connectivity index (χ1v) is 8.86. The number of Topliss-reactive ketones (excluding diaryl/α,β-unsaturated/α-hetero) is 1. The second kappa shape index (κ2) is 8.21. The Labute approximate surface area is 154 Å². The highest BCUT2D eigenvalue weighted by Crippen LogP contribution is 2.23. The van der Waals surface area contributed by atoms with E-state index in [9.17, 15) is 9.59 Å². The van der Waals surface area contributed by atoms with Crippen molar-refractivity contribution in [3.8, 4) is 5.75 Å². The Morgan fingerprint density at radius 2 is 1.73 bits per heavy atom. The maximum atomic E-state index is 12.7. The van der Waals surface area contributed by atoms with Crippen molar-refractivity contribution in [3.63, 3.8) is 0 Å². The lowest BCUT2D eigenvalue weighted by Crippen LogP contribution is -2.13. The summed E-state index contributed by atoms with van der Waals surface area (Å²) in [6, 6.07) is 7.75. The van der Waals surface area contributed by atoms with Crippen LogP contribution in [0.4, 0.5) is 0 Å². The molecule has 0 bridgehead atoms. The molecule has 0 radical (unpaired) electrons. The molecule has 0 spiro atoms. The number of ether oxygens (including phenoxy) is 2. The van der Waals surface area contributed by atoms with Gasteiger partial charge in [-0.1, -0.05) is 26.0 Å². The summed E-state index contributed by atoms with van der Waals surface area (Å²) < 4.78 is 12.5. The molecule has 1 heterocycles. The fourth-order valence-electron chi connectivity index (χ4n) is 3.05. The summed E-state index contributed by atoms with van der Waals surface area (Å²) in [6.45, 7) is 9.82. The van der Waals surface area contributed by atoms with Crippen LogP contribution in [-0.2, 0) is 11.8 Å². The van der Waals surface area contributed by atoms with Crippen molar-refractivity contribution >= 4 is 11.8 Å². The van der Waals surface area contributed by atoms with E-state index in [0.717, 1.165) is 5.69 Å². The van der Waals surface area contributed by atoms with Crippen molar-refractivity contribution in [1.82, 2.24) is 4.57 Å². The van der Waals surface area contributed by atoms with Crippen LogP contribution < -0.4 is 4.74 Å². The summed E-state index contributed by atoms with van der Waals surface area (Å²) >= 11 is 0. The summed E-state index contributed by atoms with van der Waals surface area (Å²) in [4.78, 5) is 24.8. The Balaban J connectivity index is 2.17. The quantitative estimate of drug-likeness (QED) is 0.550. The molecule has 0 atom stereocenters. The van der Waals surface area contributed by atoms with Gasteiger partial charge < -0.3 is 14.0 Å². The second-order valence-electron chi connectivity index (χ2n) is 6.65. The van der Waals surface area contributed by atoms with Gasteiger partial charge in [0.15, 0.2) is 6.61 Å². The zero-order valence-corrected chi connectivity index (χ0v) is 16.4. The number of ketones is 1. The monoisotopic (exact) mass is 357 g/mol. The van der Waals surface area contributed by atoms with E-state index in [1.165, 1.54) is 5.56 Å². The van der Waals surface area contributed by atoms with Crippen LogP contribution in [0.15, 0.2) is 24.3 Å². The highest BCUT2D eigenvalue weighted by molar-refractivity contribution is 6.03. The van der Waals surface area contributed by atoms with Crippen LogP contribution in [0.3, 0.4) is 0 Å². The largest absolute Gasteiger partial charge is 0.485 e.